The molecule has 0 saturated carbocycles. The van der Waals surface area contributed by atoms with Crippen LogP contribution in [0.4, 0.5) is 13.2 Å². The Balaban J connectivity index is 1.97. The van der Waals surface area contributed by atoms with Crippen LogP contribution in [0.3, 0.4) is 0 Å². The number of rotatable bonds is 4. The highest BCUT2D eigenvalue weighted by molar-refractivity contribution is 6.62. The van der Waals surface area contributed by atoms with Gasteiger partial charge < -0.3 is 14.0 Å². The fourth-order valence-electron chi connectivity index (χ4n) is 3.22. The van der Waals surface area contributed by atoms with E-state index in [1.807, 2.05) is 27.7 Å². The molecule has 0 spiro atoms. The molecule has 0 radical (unpaired) electrons. The maximum atomic E-state index is 12.8. The SMILES string of the molecule is COC(=O)c1ccc(Cc2ccc(C(F)(F)F)cc2)c(B2OC(C)(C)C(C)(C)O2)c1. The molecular weight excluding hydrogens is 396 g/mol. The molecule has 160 valence electrons. The molecule has 0 aliphatic carbocycles. The van der Waals surface area contributed by atoms with Crippen LogP contribution in [0.2, 0.25) is 0 Å². The number of alkyl halides is 3. The van der Waals surface area contributed by atoms with Crippen molar-refractivity contribution >= 4 is 18.6 Å². The number of methoxy groups -OCH3 is 1. The van der Waals surface area contributed by atoms with Crippen molar-refractivity contribution in [2.45, 2.75) is 51.5 Å². The standard InChI is InChI=1S/C22H24BF3O4/c1-20(2)21(3,4)30-23(29-20)18-13-16(19(27)28-5)9-8-15(18)12-14-6-10-17(11-7-14)22(24,25)26/h6-11,13H,12H2,1-5H3. The molecule has 3 rings (SSSR count). The third-order valence-electron chi connectivity index (χ3n) is 5.75. The molecule has 30 heavy (non-hydrogen) atoms. The number of benzene rings is 2. The molecule has 0 N–H and O–H groups in total. The number of carbonyl (C=O) groups is 1. The minimum atomic E-state index is -4.38. The Morgan fingerprint density at radius 3 is 2.07 bits per heavy atom. The largest absolute Gasteiger partial charge is 0.495 e. The van der Waals surface area contributed by atoms with Crippen molar-refractivity contribution in [3.8, 4) is 0 Å². The molecule has 1 saturated heterocycles. The van der Waals surface area contributed by atoms with E-state index >= 15 is 0 Å². The van der Waals surface area contributed by atoms with Gasteiger partial charge in [-0.15, -0.1) is 0 Å². The van der Waals surface area contributed by atoms with Gasteiger partial charge in [-0.1, -0.05) is 18.2 Å². The fourth-order valence-corrected chi connectivity index (χ4v) is 3.22. The summed E-state index contributed by atoms with van der Waals surface area (Å²) in [6, 6.07) is 10.1. The molecule has 0 atom stereocenters. The lowest BCUT2D eigenvalue weighted by Crippen LogP contribution is -2.41. The smallest absolute Gasteiger partial charge is 0.465 e. The van der Waals surface area contributed by atoms with Crippen LogP contribution in [0, 0.1) is 0 Å². The minimum absolute atomic E-state index is 0.346. The highest BCUT2D eigenvalue weighted by Gasteiger charge is 2.52. The Morgan fingerprint density at radius 1 is 1.00 bits per heavy atom. The van der Waals surface area contributed by atoms with Crippen LogP contribution >= 0.6 is 0 Å². The third kappa shape index (κ3) is 4.39. The predicted molar refractivity (Wildman–Crippen MR) is 108 cm³/mol. The van der Waals surface area contributed by atoms with Crippen molar-refractivity contribution in [3.05, 3.63) is 64.7 Å². The lowest BCUT2D eigenvalue weighted by atomic mass is 9.74. The average molecular weight is 420 g/mol. The Bertz CT molecular complexity index is 920. The van der Waals surface area contributed by atoms with Gasteiger partial charge >= 0.3 is 19.3 Å². The number of carbonyl (C=O) groups excluding carboxylic acids is 1. The number of halogens is 3. The van der Waals surface area contributed by atoms with Crippen LogP contribution in [0.5, 0.6) is 0 Å². The van der Waals surface area contributed by atoms with Crippen molar-refractivity contribution in [2.24, 2.45) is 0 Å². The second-order valence-electron chi connectivity index (χ2n) is 8.36. The van der Waals surface area contributed by atoms with Gasteiger partial charge in [0.15, 0.2) is 0 Å². The first kappa shape index (κ1) is 22.4. The van der Waals surface area contributed by atoms with Crippen LogP contribution in [0.15, 0.2) is 42.5 Å². The Hall–Kier alpha value is -2.32. The van der Waals surface area contributed by atoms with Crippen LogP contribution < -0.4 is 5.46 Å². The fraction of sp³-hybridized carbons (Fsp3) is 0.409. The van der Waals surface area contributed by atoms with E-state index in [0.717, 1.165) is 17.7 Å². The molecule has 2 aromatic rings. The molecule has 1 aliphatic heterocycles. The van der Waals surface area contributed by atoms with Gasteiger partial charge in [-0.3, -0.25) is 0 Å². The summed E-state index contributed by atoms with van der Waals surface area (Å²) in [4.78, 5) is 12.0. The molecule has 0 amide bonds. The maximum Gasteiger partial charge on any atom is 0.495 e. The summed E-state index contributed by atoms with van der Waals surface area (Å²) in [5, 5.41) is 0. The molecule has 8 heteroatoms. The van der Waals surface area contributed by atoms with E-state index in [-0.39, 0.29) is 0 Å². The van der Waals surface area contributed by atoms with Gasteiger partial charge in [-0.25, -0.2) is 4.79 Å². The normalized spacial score (nSPS) is 17.8. The van der Waals surface area contributed by atoms with Crippen LogP contribution in [0.1, 0.15) is 54.7 Å². The number of hydrogen-bond donors (Lipinski definition) is 0. The van der Waals surface area contributed by atoms with Gasteiger partial charge in [-0.2, -0.15) is 13.2 Å². The van der Waals surface area contributed by atoms with E-state index in [1.54, 1.807) is 18.2 Å². The summed E-state index contributed by atoms with van der Waals surface area (Å²) >= 11 is 0. The van der Waals surface area contributed by atoms with Crippen LogP contribution in [-0.4, -0.2) is 31.4 Å². The quantitative estimate of drug-likeness (QED) is 0.544. The number of esters is 1. The van der Waals surface area contributed by atoms with Crippen LogP contribution in [-0.2, 0) is 26.6 Å². The maximum absolute atomic E-state index is 12.8. The zero-order chi connectivity index (χ0) is 22.3. The summed E-state index contributed by atoms with van der Waals surface area (Å²) in [6.07, 6.45) is -4.02. The van der Waals surface area contributed by atoms with Gasteiger partial charge in [0, 0.05) is 0 Å². The molecular formula is C22H24BF3O4. The molecule has 0 unspecified atom stereocenters. The third-order valence-corrected chi connectivity index (χ3v) is 5.75. The van der Waals surface area contributed by atoms with Crippen molar-refractivity contribution in [3.63, 3.8) is 0 Å². The van der Waals surface area contributed by atoms with Crippen molar-refractivity contribution in [2.75, 3.05) is 7.11 Å². The lowest BCUT2D eigenvalue weighted by Gasteiger charge is -2.32. The van der Waals surface area contributed by atoms with Gasteiger partial charge in [0.1, 0.15) is 0 Å². The molecule has 1 fully saturated rings. The van der Waals surface area contributed by atoms with Crippen LogP contribution in [0.25, 0.3) is 0 Å². The minimum Gasteiger partial charge on any atom is -0.465 e. The topological polar surface area (TPSA) is 44.8 Å². The molecule has 2 aromatic carbocycles. The second kappa shape index (κ2) is 7.74. The van der Waals surface area contributed by atoms with E-state index in [2.05, 4.69) is 0 Å². The summed E-state index contributed by atoms with van der Waals surface area (Å²) in [5.41, 5.74) is 0.635. The Kier molecular flexibility index (Phi) is 5.77. The van der Waals surface area contributed by atoms with E-state index in [0.29, 0.717) is 23.0 Å². The van der Waals surface area contributed by atoms with E-state index < -0.39 is 36.0 Å². The van der Waals surface area contributed by atoms with Gasteiger partial charge in [0.2, 0.25) is 0 Å². The molecule has 0 aromatic heterocycles. The first-order chi connectivity index (χ1) is 13.8. The first-order valence-electron chi connectivity index (χ1n) is 9.57. The lowest BCUT2D eigenvalue weighted by molar-refractivity contribution is -0.137. The summed E-state index contributed by atoms with van der Waals surface area (Å²) < 4.78 is 55.6. The van der Waals surface area contributed by atoms with Gasteiger partial charge in [-0.05, 0) is 75.0 Å². The molecule has 1 aliphatic rings. The first-order valence-corrected chi connectivity index (χ1v) is 9.57. The highest BCUT2D eigenvalue weighted by atomic mass is 19.4. The van der Waals surface area contributed by atoms with E-state index in [1.165, 1.54) is 19.2 Å². The summed E-state index contributed by atoms with van der Waals surface area (Å²) in [5.74, 6) is -0.492. The monoisotopic (exact) mass is 420 g/mol. The zero-order valence-corrected chi connectivity index (χ0v) is 17.6. The number of ether oxygens (including phenoxy) is 1. The molecule has 4 nitrogen and oxygen atoms in total. The van der Waals surface area contributed by atoms with Crippen molar-refractivity contribution in [1.29, 1.82) is 0 Å². The average Bonchev–Trinajstić information content (AvgIpc) is 2.88. The summed E-state index contributed by atoms with van der Waals surface area (Å²) in [7, 11) is 0.580. The highest BCUT2D eigenvalue weighted by Crippen LogP contribution is 2.37. The van der Waals surface area contributed by atoms with Crippen molar-refractivity contribution < 1.29 is 32.0 Å². The molecule has 1 heterocycles. The Labute approximate surface area is 174 Å². The zero-order valence-electron chi connectivity index (χ0n) is 17.6. The second-order valence-corrected chi connectivity index (χ2v) is 8.36. The van der Waals surface area contributed by atoms with Crippen molar-refractivity contribution in [1.82, 2.24) is 0 Å². The number of hydrogen-bond acceptors (Lipinski definition) is 4. The van der Waals surface area contributed by atoms with E-state index in [4.69, 9.17) is 14.0 Å². The molecule has 0 bridgehead atoms. The van der Waals surface area contributed by atoms with Gasteiger partial charge in [0.25, 0.3) is 0 Å². The predicted octanol–water partition coefficient (Wildman–Crippen LogP) is 4.38. The van der Waals surface area contributed by atoms with Gasteiger partial charge in [0.05, 0.1) is 29.4 Å². The van der Waals surface area contributed by atoms with E-state index in [9.17, 15) is 18.0 Å². The Morgan fingerprint density at radius 2 is 1.57 bits per heavy atom. The summed E-state index contributed by atoms with van der Waals surface area (Å²) in [6.45, 7) is 7.69.